The van der Waals surface area contributed by atoms with Gasteiger partial charge in [-0.05, 0) is 24.5 Å². The Morgan fingerprint density at radius 1 is 1.41 bits per heavy atom. The highest BCUT2D eigenvalue weighted by atomic mass is 15.0. The molecular formula is C13H18N4. The summed E-state index contributed by atoms with van der Waals surface area (Å²) in [5.74, 6) is 1.23. The van der Waals surface area contributed by atoms with Crippen molar-refractivity contribution in [3.05, 3.63) is 30.9 Å². The second-order valence-corrected chi connectivity index (χ2v) is 4.62. The molecule has 90 valence electrons. The number of hydrogen-bond acceptors (Lipinski definition) is 3. The summed E-state index contributed by atoms with van der Waals surface area (Å²) in [7, 11) is 0. The minimum atomic E-state index is 0.541. The molecule has 2 N–H and O–H groups in total. The summed E-state index contributed by atoms with van der Waals surface area (Å²) in [5.41, 5.74) is 7.86. The molecule has 0 aliphatic rings. The molecule has 2 rings (SSSR count). The minimum absolute atomic E-state index is 0.541. The molecule has 0 saturated carbocycles. The van der Waals surface area contributed by atoms with E-state index in [0.29, 0.717) is 11.7 Å². The van der Waals surface area contributed by atoms with Crippen molar-refractivity contribution in [1.82, 2.24) is 14.5 Å². The molecule has 17 heavy (non-hydrogen) atoms. The predicted molar refractivity (Wildman–Crippen MR) is 69.3 cm³/mol. The van der Waals surface area contributed by atoms with Crippen LogP contribution in [0.2, 0.25) is 0 Å². The van der Waals surface area contributed by atoms with Gasteiger partial charge in [-0.3, -0.25) is 0 Å². The highest BCUT2D eigenvalue weighted by molar-refractivity contribution is 5.61. The third kappa shape index (κ3) is 2.84. The van der Waals surface area contributed by atoms with Crippen LogP contribution in [-0.2, 0) is 6.54 Å². The predicted octanol–water partition coefficient (Wildman–Crippen LogP) is 2.57. The number of nitrogens with zero attached hydrogens (tertiary/aromatic N) is 3. The fourth-order valence-corrected chi connectivity index (χ4v) is 1.74. The maximum atomic E-state index is 5.70. The topological polar surface area (TPSA) is 56.7 Å². The Balaban J connectivity index is 2.24. The Bertz CT molecular complexity index is 488. The molecule has 2 aromatic rings. The summed E-state index contributed by atoms with van der Waals surface area (Å²) in [6.07, 6.45) is 6.61. The van der Waals surface area contributed by atoms with Crippen molar-refractivity contribution in [2.24, 2.45) is 5.92 Å². The molecule has 0 aliphatic heterocycles. The molecule has 0 aliphatic carbocycles. The summed E-state index contributed by atoms with van der Waals surface area (Å²) in [6, 6.07) is 3.84. The molecule has 4 nitrogen and oxygen atoms in total. The van der Waals surface area contributed by atoms with Gasteiger partial charge in [-0.1, -0.05) is 13.8 Å². The summed E-state index contributed by atoms with van der Waals surface area (Å²) >= 11 is 0. The van der Waals surface area contributed by atoms with E-state index in [4.69, 9.17) is 5.73 Å². The molecule has 0 atom stereocenters. The fraction of sp³-hybridized carbons (Fsp3) is 0.385. The Morgan fingerprint density at radius 3 is 2.94 bits per heavy atom. The minimum Gasteiger partial charge on any atom is -0.384 e. The lowest BCUT2D eigenvalue weighted by Gasteiger charge is -2.10. The molecule has 0 spiro atoms. The highest BCUT2D eigenvalue weighted by Crippen LogP contribution is 2.20. The molecule has 0 saturated heterocycles. The van der Waals surface area contributed by atoms with E-state index in [-0.39, 0.29) is 0 Å². The van der Waals surface area contributed by atoms with Gasteiger partial charge in [0.05, 0.1) is 18.2 Å². The van der Waals surface area contributed by atoms with Crippen LogP contribution in [0.25, 0.3) is 11.3 Å². The Kier molecular flexibility index (Phi) is 3.42. The third-order valence-corrected chi connectivity index (χ3v) is 2.74. The zero-order chi connectivity index (χ0) is 12.3. The summed E-state index contributed by atoms with van der Waals surface area (Å²) in [6.45, 7) is 5.43. The number of pyridine rings is 1. The van der Waals surface area contributed by atoms with Crippen LogP contribution in [0.4, 0.5) is 5.82 Å². The summed E-state index contributed by atoms with van der Waals surface area (Å²) < 4.78 is 2.16. The smallest absolute Gasteiger partial charge is 0.123 e. The van der Waals surface area contributed by atoms with Gasteiger partial charge in [0.1, 0.15) is 5.82 Å². The standard InChI is InChI=1S/C13H18N4/c1-10(2)4-6-17-9-15-8-12(17)11-3-5-16-13(14)7-11/h3,5,7-10H,4,6H2,1-2H3,(H2,14,16). The quantitative estimate of drug-likeness (QED) is 0.878. The zero-order valence-corrected chi connectivity index (χ0v) is 10.3. The maximum Gasteiger partial charge on any atom is 0.123 e. The third-order valence-electron chi connectivity index (χ3n) is 2.74. The molecule has 2 aromatic heterocycles. The van der Waals surface area contributed by atoms with Crippen LogP contribution in [0.1, 0.15) is 20.3 Å². The maximum absolute atomic E-state index is 5.70. The number of aromatic nitrogens is 3. The number of nitrogen functional groups attached to an aromatic ring is 1. The van der Waals surface area contributed by atoms with Crippen molar-refractivity contribution in [3.8, 4) is 11.3 Å². The molecule has 0 unspecified atom stereocenters. The van der Waals surface area contributed by atoms with Gasteiger partial charge in [0.15, 0.2) is 0 Å². The van der Waals surface area contributed by atoms with Crippen molar-refractivity contribution in [1.29, 1.82) is 0 Å². The van der Waals surface area contributed by atoms with Crippen LogP contribution in [0.5, 0.6) is 0 Å². The Morgan fingerprint density at radius 2 is 2.24 bits per heavy atom. The van der Waals surface area contributed by atoms with Crippen LogP contribution in [-0.4, -0.2) is 14.5 Å². The molecule has 0 fully saturated rings. The lowest BCUT2D eigenvalue weighted by Crippen LogP contribution is -2.02. The number of imidazole rings is 1. The number of anilines is 1. The monoisotopic (exact) mass is 230 g/mol. The van der Waals surface area contributed by atoms with Crippen LogP contribution in [0.3, 0.4) is 0 Å². The number of aryl methyl sites for hydroxylation is 1. The first-order valence-electron chi connectivity index (χ1n) is 5.89. The molecule has 0 radical (unpaired) electrons. The molecule has 4 heteroatoms. The lowest BCUT2D eigenvalue weighted by molar-refractivity contribution is 0.518. The Hall–Kier alpha value is -1.84. The SMILES string of the molecule is CC(C)CCn1cncc1-c1ccnc(N)c1. The molecule has 2 heterocycles. The van der Waals surface area contributed by atoms with Gasteiger partial charge in [-0.2, -0.15) is 0 Å². The average molecular weight is 230 g/mol. The van der Waals surface area contributed by atoms with Gasteiger partial charge >= 0.3 is 0 Å². The number of hydrogen-bond donors (Lipinski definition) is 1. The van der Waals surface area contributed by atoms with Gasteiger partial charge in [0, 0.05) is 18.3 Å². The van der Waals surface area contributed by atoms with Gasteiger partial charge < -0.3 is 10.3 Å². The zero-order valence-electron chi connectivity index (χ0n) is 10.3. The van der Waals surface area contributed by atoms with E-state index in [2.05, 4.69) is 28.4 Å². The normalized spacial score (nSPS) is 11.0. The van der Waals surface area contributed by atoms with E-state index in [1.54, 1.807) is 6.20 Å². The first kappa shape index (κ1) is 11.6. The van der Waals surface area contributed by atoms with Crippen molar-refractivity contribution in [2.75, 3.05) is 5.73 Å². The fourth-order valence-electron chi connectivity index (χ4n) is 1.74. The molecular weight excluding hydrogens is 212 g/mol. The summed E-state index contributed by atoms with van der Waals surface area (Å²) in [4.78, 5) is 8.21. The number of rotatable bonds is 4. The van der Waals surface area contributed by atoms with E-state index < -0.39 is 0 Å². The Labute approximate surface area is 102 Å². The van der Waals surface area contributed by atoms with Gasteiger partial charge in [-0.15, -0.1) is 0 Å². The van der Waals surface area contributed by atoms with Crippen LogP contribution < -0.4 is 5.73 Å². The van der Waals surface area contributed by atoms with Crippen molar-refractivity contribution in [2.45, 2.75) is 26.8 Å². The second-order valence-electron chi connectivity index (χ2n) is 4.62. The van der Waals surface area contributed by atoms with Crippen LogP contribution >= 0.6 is 0 Å². The van der Waals surface area contributed by atoms with Gasteiger partial charge in [0.2, 0.25) is 0 Å². The second kappa shape index (κ2) is 4.99. The molecule has 0 aromatic carbocycles. The lowest BCUT2D eigenvalue weighted by atomic mass is 10.1. The van der Waals surface area contributed by atoms with Gasteiger partial charge in [0.25, 0.3) is 0 Å². The average Bonchev–Trinajstić information content (AvgIpc) is 2.74. The molecule has 0 bridgehead atoms. The first-order chi connectivity index (χ1) is 8.16. The summed E-state index contributed by atoms with van der Waals surface area (Å²) in [5, 5.41) is 0. The first-order valence-corrected chi connectivity index (χ1v) is 5.89. The van der Waals surface area contributed by atoms with Crippen molar-refractivity contribution in [3.63, 3.8) is 0 Å². The van der Waals surface area contributed by atoms with E-state index in [1.807, 2.05) is 24.7 Å². The largest absolute Gasteiger partial charge is 0.384 e. The van der Waals surface area contributed by atoms with Crippen LogP contribution in [0, 0.1) is 5.92 Å². The van der Waals surface area contributed by atoms with Crippen molar-refractivity contribution < 1.29 is 0 Å². The van der Waals surface area contributed by atoms with E-state index in [1.165, 1.54) is 0 Å². The van der Waals surface area contributed by atoms with E-state index in [0.717, 1.165) is 24.2 Å². The highest BCUT2D eigenvalue weighted by Gasteiger charge is 2.06. The van der Waals surface area contributed by atoms with Crippen LogP contribution in [0.15, 0.2) is 30.9 Å². The van der Waals surface area contributed by atoms with E-state index >= 15 is 0 Å². The van der Waals surface area contributed by atoms with Gasteiger partial charge in [-0.25, -0.2) is 9.97 Å². The molecule has 0 amide bonds. The van der Waals surface area contributed by atoms with Crippen molar-refractivity contribution >= 4 is 5.82 Å². The number of nitrogens with two attached hydrogens (primary N) is 1. The van der Waals surface area contributed by atoms with E-state index in [9.17, 15) is 0 Å².